The number of hydrogen-bond acceptors (Lipinski definition) is 1. The topological polar surface area (TPSA) is 12.9 Å². The standard InChI is InChI=1S/C16H15N/c1-12(16-8-4-5-11-17-16)14-10-9-13-6-2-3-7-15(13)14/h2-8,10-12H,9H2,1H3. The number of allylic oxidation sites excluding steroid dienone is 2. The summed E-state index contributed by atoms with van der Waals surface area (Å²) < 4.78 is 0. The zero-order valence-corrected chi connectivity index (χ0v) is 9.93. The zero-order chi connectivity index (χ0) is 11.7. The van der Waals surface area contributed by atoms with Gasteiger partial charge < -0.3 is 0 Å². The van der Waals surface area contributed by atoms with Gasteiger partial charge in [0.2, 0.25) is 0 Å². The molecule has 84 valence electrons. The highest BCUT2D eigenvalue weighted by Crippen LogP contribution is 2.36. The van der Waals surface area contributed by atoms with Gasteiger partial charge in [0.1, 0.15) is 0 Å². The van der Waals surface area contributed by atoms with Gasteiger partial charge in [0.15, 0.2) is 0 Å². The maximum Gasteiger partial charge on any atom is 0.0475 e. The molecule has 0 radical (unpaired) electrons. The van der Waals surface area contributed by atoms with Gasteiger partial charge in [0, 0.05) is 17.8 Å². The number of pyridine rings is 1. The van der Waals surface area contributed by atoms with Crippen LogP contribution in [0.25, 0.3) is 5.57 Å². The fraction of sp³-hybridized carbons (Fsp3) is 0.188. The number of nitrogens with zero attached hydrogens (tertiary/aromatic N) is 1. The van der Waals surface area contributed by atoms with Crippen LogP contribution in [-0.4, -0.2) is 4.98 Å². The van der Waals surface area contributed by atoms with Gasteiger partial charge in [-0.3, -0.25) is 4.98 Å². The van der Waals surface area contributed by atoms with Crippen LogP contribution in [0.15, 0.2) is 54.7 Å². The Morgan fingerprint density at radius 2 is 1.88 bits per heavy atom. The molecule has 1 unspecified atom stereocenters. The Kier molecular flexibility index (Phi) is 2.52. The largest absolute Gasteiger partial charge is 0.261 e. The van der Waals surface area contributed by atoms with Gasteiger partial charge in [-0.05, 0) is 35.3 Å². The first-order valence-electron chi connectivity index (χ1n) is 6.05. The molecular weight excluding hydrogens is 206 g/mol. The molecule has 1 aromatic carbocycles. The molecule has 3 rings (SSSR count). The maximum atomic E-state index is 4.46. The molecule has 1 aromatic heterocycles. The number of rotatable bonds is 2. The molecule has 0 fully saturated rings. The molecule has 0 bridgehead atoms. The Labute approximate surface area is 102 Å². The Hall–Kier alpha value is -1.89. The van der Waals surface area contributed by atoms with Crippen molar-refractivity contribution in [3.8, 4) is 0 Å². The van der Waals surface area contributed by atoms with E-state index in [0.29, 0.717) is 5.92 Å². The fourth-order valence-corrected chi connectivity index (χ4v) is 2.51. The second-order valence-corrected chi connectivity index (χ2v) is 4.50. The van der Waals surface area contributed by atoms with Gasteiger partial charge in [-0.15, -0.1) is 0 Å². The summed E-state index contributed by atoms with van der Waals surface area (Å²) in [6.07, 6.45) is 5.26. The van der Waals surface area contributed by atoms with Crippen LogP contribution in [0, 0.1) is 0 Å². The molecule has 1 atom stereocenters. The van der Waals surface area contributed by atoms with E-state index in [2.05, 4.69) is 54.4 Å². The quantitative estimate of drug-likeness (QED) is 0.751. The zero-order valence-electron chi connectivity index (χ0n) is 9.93. The van der Waals surface area contributed by atoms with Crippen molar-refractivity contribution >= 4 is 5.57 Å². The average molecular weight is 221 g/mol. The van der Waals surface area contributed by atoms with Gasteiger partial charge >= 0.3 is 0 Å². The molecule has 0 spiro atoms. The molecule has 1 heteroatoms. The maximum absolute atomic E-state index is 4.46. The van der Waals surface area contributed by atoms with Gasteiger partial charge in [-0.1, -0.05) is 43.3 Å². The van der Waals surface area contributed by atoms with Gasteiger partial charge in [-0.2, -0.15) is 0 Å². The molecule has 0 saturated heterocycles. The molecule has 0 aliphatic heterocycles. The third kappa shape index (κ3) is 1.78. The fourth-order valence-electron chi connectivity index (χ4n) is 2.51. The van der Waals surface area contributed by atoms with Crippen molar-refractivity contribution in [3.05, 3.63) is 71.6 Å². The van der Waals surface area contributed by atoms with E-state index in [0.717, 1.165) is 12.1 Å². The summed E-state index contributed by atoms with van der Waals surface area (Å²) in [5, 5.41) is 0. The highest BCUT2D eigenvalue weighted by atomic mass is 14.7. The van der Waals surface area contributed by atoms with Crippen molar-refractivity contribution in [2.45, 2.75) is 19.3 Å². The first-order chi connectivity index (χ1) is 8.36. The summed E-state index contributed by atoms with van der Waals surface area (Å²) in [5.41, 5.74) is 5.39. The van der Waals surface area contributed by atoms with Gasteiger partial charge in [0.25, 0.3) is 0 Å². The summed E-state index contributed by atoms with van der Waals surface area (Å²) in [6, 6.07) is 14.8. The van der Waals surface area contributed by atoms with Crippen molar-refractivity contribution < 1.29 is 0 Å². The van der Waals surface area contributed by atoms with Crippen LogP contribution in [0.5, 0.6) is 0 Å². The smallest absolute Gasteiger partial charge is 0.0475 e. The van der Waals surface area contributed by atoms with Crippen LogP contribution in [0.2, 0.25) is 0 Å². The lowest BCUT2D eigenvalue weighted by atomic mass is 9.92. The number of fused-ring (bicyclic) bond motifs is 1. The number of aromatic nitrogens is 1. The lowest BCUT2D eigenvalue weighted by Crippen LogP contribution is -1.98. The third-order valence-electron chi connectivity index (χ3n) is 3.47. The molecule has 1 aliphatic carbocycles. The van der Waals surface area contributed by atoms with Gasteiger partial charge in [-0.25, -0.2) is 0 Å². The van der Waals surface area contributed by atoms with E-state index in [4.69, 9.17) is 0 Å². The number of hydrogen-bond donors (Lipinski definition) is 0. The van der Waals surface area contributed by atoms with Crippen LogP contribution < -0.4 is 0 Å². The summed E-state index contributed by atoms with van der Waals surface area (Å²) >= 11 is 0. The van der Waals surface area contributed by atoms with Gasteiger partial charge in [0.05, 0.1) is 0 Å². The molecule has 17 heavy (non-hydrogen) atoms. The van der Waals surface area contributed by atoms with E-state index < -0.39 is 0 Å². The molecule has 0 amide bonds. The second kappa shape index (κ2) is 4.17. The Bertz CT molecular complexity index is 555. The van der Waals surface area contributed by atoms with E-state index in [1.165, 1.54) is 16.7 Å². The van der Waals surface area contributed by atoms with Crippen LogP contribution in [0.1, 0.15) is 29.7 Å². The van der Waals surface area contributed by atoms with E-state index in [9.17, 15) is 0 Å². The lowest BCUT2D eigenvalue weighted by molar-refractivity contribution is 0.927. The Morgan fingerprint density at radius 1 is 1.06 bits per heavy atom. The number of benzene rings is 1. The van der Waals surface area contributed by atoms with E-state index in [-0.39, 0.29) is 0 Å². The van der Waals surface area contributed by atoms with E-state index in [1.54, 1.807) is 0 Å². The van der Waals surface area contributed by atoms with Crippen molar-refractivity contribution in [2.75, 3.05) is 0 Å². The average Bonchev–Trinajstić information content (AvgIpc) is 2.83. The van der Waals surface area contributed by atoms with E-state index >= 15 is 0 Å². The Balaban J connectivity index is 1.98. The first-order valence-corrected chi connectivity index (χ1v) is 6.05. The minimum absolute atomic E-state index is 0.375. The molecular formula is C16H15N. The van der Waals surface area contributed by atoms with Crippen LogP contribution in [0.3, 0.4) is 0 Å². The van der Waals surface area contributed by atoms with E-state index in [1.807, 2.05) is 12.3 Å². The molecule has 1 nitrogen and oxygen atoms in total. The molecule has 2 aromatic rings. The van der Waals surface area contributed by atoms with Crippen molar-refractivity contribution in [2.24, 2.45) is 0 Å². The highest BCUT2D eigenvalue weighted by molar-refractivity contribution is 5.76. The SMILES string of the molecule is CC(C1=CCc2ccccc21)c1ccccn1. The minimum Gasteiger partial charge on any atom is -0.261 e. The third-order valence-corrected chi connectivity index (χ3v) is 3.47. The predicted octanol–water partition coefficient (Wildman–Crippen LogP) is 3.82. The minimum atomic E-state index is 0.375. The van der Waals surface area contributed by atoms with Crippen LogP contribution in [-0.2, 0) is 6.42 Å². The Morgan fingerprint density at radius 3 is 2.71 bits per heavy atom. The highest BCUT2D eigenvalue weighted by Gasteiger charge is 2.20. The van der Waals surface area contributed by atoms with Crippen molar-refractivity contribution in [1.82, 2.24) is 4.98 Å². The molecule has 1 aliphatic rings. The summed E-state index contributed by atoms with van der Waals surface area (Å²) in [7, 11) is 0. The van der Waals surface area contributed by atoms with Crippen molar-refractivity contribution in [3.63, 3.8) is 0 Å². The lowest BCUT2D eigenvalue weighted by Gasteiger charge is -2.14. The van der Waals surface area contributed by atoms with Crippen LogP contribution >= 0.6 is 0 Å². The summed E-state index contributed by atoms with van der Waals surface area (Å²) in [4.78, 5) is 4.46. The molecule has 0 N–H and O–H groups in total. The molecule has 0 saturated carbocycles. The molecule has 1 heterocycles. The van der Waals surface area contributed by atoms with Crippen LogP contribution in [0.4, 0.5) is 0 Å². The van der Waals surface area contributed by atoms with Crippen molar-refractivity contribution in [1.29, 1.82) is 0 Å². The first kappa shape index (κ1) is 10.3. The second-order valence-electron chi connectivity index (χ2n) is 4.50. The summed E-state index contributed by atoms with van der Waals surface area (Å²) in [6.45, 7) is 2.23. The summed E-state index contributed by atoms with van der Waals surface area (Å²) in [5.74, 6) is 0.375. The monoisotopic (exact) mass is 221 g/mol. The predicted molar refractivity (Wildman–Crippen MR) is 70.8 cm³/mol. The normalized spacial score (nSPS) is 15.2.